The van der Waals surface area contributed by atoms with Crippen LogP contribution >= 0.6 is 0 Å². The number of hydrogen-bond acceptors (Lipinski definition) is 7. The van der Waals surface area contributed by atoms with Crippen molar-refractivity contribution in [1.82, 2.24) is 0 Å². The summed E-state index contributed by atoms with van der Waals surface area (Å²) in [5.41, 5.74) is 43.6. The number of fused-ring (bicyclic) bond motifs is 1. The van der Waals surface area contributed by atoms with Gasteiger partial charge in [-0.25, -0.2) is 0 Å². The fraction of sp³-hybridized carbons (Fsp3) is 1.00. The second kappa shape index (κ2) is 8.89. The number of nitrogens with two attached hydrogens (primary N) is 7. The van der Waals surface area contributed by atoms with E-state index in [0.717, 1.165) is 38.5 Å². The molecule has 0 aliphatic heterocycles. The molecule has 0 radical (unpaired) electrons. The Balaban J connectivity index is 1.94. The van der Waals surface area contributed by atoms with E-state index >= 15 is 0 Å². The van der Waals surface area contributed by atoms with Crippen molar-refractivity contribution < 1.29 is 0 Å². The Morgan fingerprint density at radius 1 is 0.417 bits per heavy atom. The maximum Gasteiger partial charge on any atom is 0.0207 e. The van der Waals surface area contributed by atoms with E-state index in [9.17, 15) is 0 Å². The van der Waals surface area contributed by atoms with Crippen LogP contribution in [-0.2, 0) is 0 Å². The minimum Gasteiger partial charge on any atom is -0.328 e. The van der Waals surface area contributed by atoms with Crippen LogP contribution in [0.5, 0.6) is 0 Å². The molecule has 0 amide bonds. The summed E-state index contributed by atoms with van der Waals surface area (Å²) < 4.78 is 0. The largest absolute Gasteiger partial charge is 0.328 e. The molecule has 7 heteroatoms. The zero-order valence-electron chi connectivity index (χ0n) is 14.9. The first kappa shape index (κ1) is 20.0. The maximum absolute atomic E-state index is 6.28. The van der Waals surface area contributed by atoms with E-state index in [1.165, 1.54) is 0 Å². The Morgan fingerprint density at radius 3 is 1.04 bits per heavy atom. The van der Waals surface area contributed by atoms with Crippen molar-refractivity contribution in [2.75, 3.05) is 0 Å². The van der Waals surface area contributed by atoms with Gasteiger partial charge in [-0.2, -0.15) is 0 Å². The van der Waals surface area contributed by atoms with E-state index < -0.39 is 0 Å². The molecule has 7 nitrogen and oxygen atoms in total. The third-order valence-electron chi connectivity index (χ3n) is 6.06. The SMILES string of the molecule is NC1CCC(N)CC2C(N)C2CC(N)CCC(N)CC(N)C(N)C1. The van der Waals surface area contributed by atoms with Gasteiger partial charge in [0.15, 0.2) is 0 Å². The minimum atomic E-state index is -0.120. The van der Waals surface area contributed by atoms with Gasteiger partial charge in [0.25, 0.3) is 0 Å². The molecule has 0 heterocycles. The molecule has 2 aliphatic carbocycles. The highest BCUT2D eigenvalue weighted by Crippen LogP contribution is 2.44. The first-order valence-electron chi connectivity index (χ1n) is 9.57. The van der Waals surface area contributed by atoms with Crippen LogP contribution in [0, 0.1) is 11.8 Å². The van der Waals surface area contributed by atoms with E-state index in [-0.39, 0.29) is 42.3 Å². The average Bonchev–Trinajstić information content (AvgIpc) is 3.10. The summed E-state index contributed by atoms with van der Waals surface area (Å²) >= 11 is 0. The Labute approximate surface area is 146 Å². The molecule has 0 aromatic rings. The van der Waals surface area contributed by atoms with Crippen LogP contribution in [0.15, 0.2) is 0 Å². The van der Waals surface area contributed by atoms with Gasteiger partial charge in [-0.3, -0.25) is 0 Å². The topological polar surface area (TPSA) is 182 Å². The monoisotopic (exact) mass is 341 g/mol. The van der Waals surface area contributed by atoms with Crippen molar-refractivity contribution in [2.45, 2.75) is 93.7 Å². The molecule has 8 atom stereocenters. The summed E-state index contributed by atoms with van der Waals surface area (Å²) in [6.07, 6.45) is 6.93. The molecule has 0 aromatic heterocycles. The molecule has 2 fully saturated rings. The molecule has 0 spiro atoms. The highest BCUT2D eigenvalue weighted by Gasteiger charge is 2.47. The van der Waals surface area contributed by atoms with Crippen LogP contribution in [0.3, 0.4) is 0 Å². The lowest BCUT2D eigenvalue weighted by Crippen LogP contribution is -2.48. The predicted molar refractivity (Wildman–Crippen MR) is 99.7 cm³/mol. The van der Waals surface area contributed by atoms with Crippen LogP contribution in [-0.4, -0.2) is 42.3 Å². The molecular weight excluding hydrogens is 302 g/mol. The average molecular weight is 342 g/mol. The molecule has 0 aromatic carbocycles. The smallest absolute Gasteiger partial charge is 0.0207 e. The van der Waals surface area contributed by atoms with Crippen molar-refractivity contribution in [3.05, 3.63) is 0 Å². The van der Waals surface area contributed by atoms with E-state index in [0.29, 0.717) is 24.7 Å². The molecular formula is C17H39N7. The zero-order valence-corrected chi connectivity index (χ0v) is 14.9. The number of rotatable bonds is 0. The first-order chi connectivity index (χ1) is 11.3. The second-order valence-corrected chi connectivity index (χ2v) is 8.37. The first-order valence-corrected chi connectivity index (χ1v) is 9.57. The molecule has 8 unspecified atom stereocenters. The van der Waals surface area contributed by atoms with Gasteiger partial charge in [-0.15, -0.1) is 0 Å². The van der Waals surface area contributed by atoms with E-state index in [2.05, 4.69) is 0 Å². The summed E-state index contributed by atoms with van der Waals surface area (Å²) in [6.45, 7) is 0. The van der Waals surface area contributed by atoms with Crippen molar-refractivity contribution in [3.8, 4) is 0 Å². The second-order valence-electron chi connectivity index (χ2n) is 8.37. The van der Waals surface area contributed by atoms with Gasteiger partial charge in [-0.1, -0.05) is 0 Å². The van der Waals surface area contributed by atoms with Crippen molar-refractivity contribution in [1.29, 1.82) is 0 Å². The Morgan fingerprint density at radius 2 is 0.708 bits per heavy atom. The Hall–Kier alpha value is -0.280. The third kappa shape index (κ3) is 5.91. The van der Waals surface area contributed by atoms with Gasteiger partial charge in [0, 0.05) is 42.3 Å². The zero-order chi connectivity index (χ0) is 17.9. The molecule has 2 saturated carbocycles. The van der Waals surface area contributed by atoms with Gasteiger partial charge in [0.05, 0.1) is 0 Å². The Bertz CT molecular complexity index is 322. The van der Waals surface area contributed by atoms with Crippen LogP contribution < -0.4 is 40.1 Å². The van der Waals surface area contributed by atoms with E-state index in [4.69, 9.17) is 40.1 Å². The fourth-order valence-electron chi connectivity index (χ4n) is 4.21. The van der Waals surface area contributed by atoms with Gasteiger partial charge >= 0.3 is 0 Å². The molecule has 2 rings (SSSR count). The van der Waals surface area contributed by atoms with Gasteiger partial charge in [0.2, 0.25) is 0 Å². The summed E-state index contributed by atoms with van der Waals surface area (Å²) in [5.74, 6) is 1.03. The van der Waals surface area contributed by atoms with E-state index in [1.807, 2.05) is 0 Å². The van der Waals surface area contributed by atoms with Crippen LogP contribution in [0.1, 0.15) is 51.4 Å². The van der Waals surface area contributed by atoms with Crippen molar-refractivity contribution >= 4 is 0 Å². The lowest BCUT2D eigenvalue weighted by molar-refractivity contribution is 0.365. The fourth-order valence-corrected chi connectivity index (χ4v) is 4.21. The van der Waals surface area contributed by atoms with Crippen LogP contribution in [0.4, 0.5) is 0 Å². The minimum absolute atomic E-state index is 0.0401. The summed E-state index contributed by atoms with van der Waals surface area (Å²) in [4.78, 5) is 0. The summed E-state index contributed by atoms with van der Waals surface area (Å²) in [6, 6.07) is 0.396. The van der Waals surface area contributed by atoms with Gasteiger partial charge in [0.1, 0.15) is 0 Å². The molecule has 0 bridgehead atoms. The summed E-state index contributed by atoms with van der Waals surface area (Å²) in [5, 5.41) is 0. The Kier molecular flexibility index (Phi) is 7.42. The maximum atomic E-state index is 6.28. The molecule has 142 valence electrons. The molecule has 24 heavy (non-hydrogen) atoms. The lowest BCUT2D eigenvalue weighted by Gasteiger charge is -2.26. The quantitative estimate of drug-likeness (QED) is 0.284. The van der Waals surface area contributed by atoms with E-state index in [1.54, 1.807) is 0 Å². The van der Waals surface area contributed by atoms with Gasteiger partial charge < -0.3 is 40.1 Å². The molecule has 14 N–H and O–H groups in total. The van der Waals surface area contributed by atoms with Crippen molar-refractivity contribution in [2.24, 2.45) is 52.0 Å². The lowest BCUT2D eigenvalue weighted by atomic mass is 9.90. The van der Waals surface area contributed by atoms with Gasteiger partial charge in [-0.05, 0) is 63.2 Å². The highest BCUT2D eigenvalue weighted by atomic mass is 14.8. The predicted octanol–water partition coefficient (Wildman–Crippen LogP) is -1.34. The normalized spacial score (nSPS) is 49.4. The van der Waals surface area contributed by atoms with Crippen LogP contribution in [0.2, 0.25) is 0 Å². The van der Waals surface area contributed by atoms with Crippen molar-refractivity contribution in [3.63, 3.8) is 0 Å². The highest BCUT2D eigenvalue weighted by molar-refractivity contribution is 5.03. The summed E-state index contributed by atoms with van der Waals surface area (Å²) in [7, 11) is 0. The standard InChI is InChI=1S/C17H39N7/c18-9-1-3-11(20)7-15(22)16(23)8-12(21)4-2-10(19)6-14-13(5-9)17(14)24/h9-17H,1-8,18-24H2. The number of hydrogen-bond donors (Lipinski definition) is 7. The van der Waals surface area contributed by atoms with Crippen LogP contribution in [0.25, 0.3) is 0 Å². The molecule has 0 saturated heterocycles. The third-order valence-corrected chi connectivity index (χ3v) is 6.06. The molecule has 2 aliphatic rings.